The lowest BCUT2D eigenvalue weighted by atomic mass is 10.4. The SMILES string of the molecule is COc1ccc(I)n2ncc(Br)c12. The molecule has 0 spiro atoms. The molecule has 0 amide bonds. The number of methoxy groups -OCH3 is 1. The van der Waals surface area contributed by atoms with Crippen LogP contribution in [0.25, 0.3) is 5.52 Å². The van der Waals surface area contributed by atoms with Crippen LogP contribution in [0.4, 0.5) is 0 Å². The minimum Gasteiger partial charge on any atom is -0.494 e. The summed E-state index contributed by atoms with van der Waals surface area (Å²) in [6.45, 7) is 0. The molecular weight excluding hydrogens is 347 g/mol. The molecule has 0 saturated carbocycles. The van der Waals surface area contributed by atoms with E-state index in [1.807, 2.05) is 16.6 Å². The van der Waals surface area contributed by atoms with Crippen LogP contribution in [-0.4, -0.2) is 16.7 Å². The van der Waals surface area contributed by atoms with Crippen LogP contribution in [-0.2, 0) is 0 Å². The second kappa shape index (κ2) is 3.45. The first kappa shape index (κ1) is 9.26. The molecule has 5 heteroatoms. The van der Waals surface area contributed by atoms with Crippen LogP contribution in [0.3, 0.4) is 0 Å². The summed E-state index contributed by atoms with van der Waals surface area (Å²) in [5.41, 5.74) is 0.967. The first-order chi connectivity index (χ1) is 6.24. The van der Waals surface area contributed by atoms with Gasteiger partial charge in [0.1, 0.15) is 15.0 Å². The number of pyridine rings is 1. The Labute approximate surface area is 97.3 Å². The largest absolute Gasteiger partial charge is 0.494 e. The highest BCUT2D eigenvalue weighted by atomic mass is 127. The smallest absolute Gasteiger partial charge is 0.145 e. The molecule has 0 aliphatic heterocycles. The Bertz CT molecular complexity index is 455. The summed E-state index contributed by atoms with van der Waals surface area (Å²) < 4.78 is 9.07. The first-order valence-electron chi connectivity index (χ1n) is 3.60. The number of halogens is 2. The summed E-state index contributed by atoms with van der Waals surface area (Å²) in [7, 11) is 1.65. The zero-order chi connectivity index (χ0) is 9.42. The fourth-order valence-electron chi connectivity index (χ4n) is 1.17. The molecule has 0 bridgehead atoms. The van der Waals surface area contributed by atoms with Crippen LogP contribution in [0.5, 0.6) is 5.75 Å². The number of nitrogens with zero attached hydrogens (tertiary/aromatic N) is 2. The Balaban J connectivity index is 2.88. The van der Waals surface area contributed by atoms with Crippen molar-refractivity contribution < 1.29 is 4.74 Å². The zero-order valence-electron chi connectivity index (χ0n) is 6.79. The highest BCUT2D eigenvalue weighted by molar-refractivity contribution is 14.1. The fourth-order valence-corrected chi connectivity index (χ4v) is 2.17. The molecule has 0 aliphatic carbocycles. The highest BCUT2D eigenvalue weighted by Gasteiger charge is 2.09. The fraction of sp³-hybridized carbons (Fsp3) is 0.125. The minimum absolute atomic E-state index is 0.824. The summed E-state index contributed by atoms with van der Waals surface area (Å²) in [5.74, 6) is 0.824. The summed E-state index contributed by atoms with van der Waals surface area (Å²) in [4.78, 5) is 0. The van der Waals surface area contributed by atoms with Gasteiger partial charge in [0.25, 0.3) is 0 Å². The van der Waals surface area contributed by atoms with Gasteiger partial charge in [-0.1, -0.05) is 0 Å². The standard InChI is InChI=1S/C8H6BrIN2O/c1-13-6-2-3-7(10)12-8(6)5(9)4-11-12/h2-4H,1H3. The molecule has 0 radical (unpaired) electrons. The Morgan fingerprint density at radius 2 is 2.31 bits per heavy atom. The van der Waals surface area contributed by atoms with Crippen LogP contribution in [0.2, 0.25) is 0 Å². The molecule has 0 saturated heterocycles. The van der Waals surface area contributed by atoms with E-state index in [2.05, 4.69) is 43.6 Å². The van der Waals surface area contributed by atoms with Gasteiger partial charge in [-0.05, 0) is 50.7 Å². The molecule has 3 nitrogen and oxygen atoms in total. The second-order valence-electron chi connectivity index (χ2n) is 2.48. The Morgan fingerprint density at radius 1 is 1.54 bits per heavy atom. The summed E-state index contributed by atoms with van der Waals surface area (Å²) in [6, 6.07) is 3.90. The number of aromatic nitrogens is 2. The molecule has 0 aliphatic rings. The number of hydrogen-bond acceptors (Lipinski definition) is 2. The third-order valence-electron chi connectivity index (χ3n) is 1.75. The molecule has 2 aromatic rings. The van der Waals surface area contributed by atoms with Gasteiger partial charge in [-0.2, -0.15) is 5.10 Å². The van der Waals surface area contributed by atoms with Crippen molar-refractivity contribution in [2.24, 2.45) is 0 Å². The maximum Gasteiger partial charge on any atom is 0.145 e. The molecule has 0 N–H and O–H groups in total. The molecule has 0 atom stereocenters. The normalized spacial score (nSPS) is 10.7. The predicted octanol–water partition coefficient (Wildman–Crippen LogP) is 2.71. The molecule has 13 heavy (non-hydrogen) atoms. The number of ether oxygens (including phenoxy) is 1. The lowest BCUT2D eigenvalue weighted by Gasteiger charge is -2.03. The molecule has 2 aromatic heterocycles. The summed E-state index contributed by atoms with van der Waals surface area (Å²) in [6.07, 6.45) is 1.76. The third-order valence-corrected chi connectivity index (χ3v) is 3.15. The lowest BCUT2D eigenvalue weighted by Crippen LogP contribution is -1.95. The number of rotatable bonds is 1. The van der Waals surface area contributed by atoms with Crippen molar-refractivity contribution in [3.05, 3.63) is 26.5 Å². The summed E-state index contributed by atoms with van der Waals surface area (Å²) in [5, 5.41) is 4.21. The van der Waals surface area contributed by atoms with Crippen LogP contribution in [0, 0.1) is 3.70 Å². The van der Waals surface area contributed by atoms with E-state index >= 15 is 0 Å². The molecule has 68 valence electrons. The number of hydrogen-bond donors (Lipinski definition) is 0. The van der Waals surface area contributed by atoms with Crippen molar-refractivity contribution in [1.82, 2.24) is 9.61 Å². The van der Waals surface area contributed by atoms with Gasteiger partial charge in [0.2, 0.25) is 0 Å². The Hall–Kier alpha value is -0.300. The molecule has 0 aromatic carbocycles. The van der Waals surface area contributed by atoms with Crippen LogP contribution >= 0.6 is 38.5 Å². The van der Waals surface area contributed by atoms with Crippen LogP contribution in [0.15, 0.2) is 22.8 Å². The average Bonchev–Trinajstić information content (AvgIpc) is 2.51. The monoisotopic (exact) mass is 352 g/mol. The van der Waals surface area contributed by atoms with Gasteiger partial charge in [-0.15, -0.1) is 0 Å². The third kappa shape index (κ3) is 1.43. The summed E-state index contributed by atoms with van der Waals surface area (Å²) >= 11 is 5.65. The van der Waals surface area contributed by atoms with Gasteiger partial charge < -0.3 is 4.74 Å². The quantitative estimate of drug-likeness (QED) is 0.582. The van der Waals surface area contributed by atoms with E-state index in [0.717, 1.165) is 19.4 Å². The van der Waals surface area contributed by atoms with Gasteiger partial charge in [0, 0.05) is 0 Å². The van der Waals surface area contributed by atoms with E-state index in [-0.39, 0.29) is 0 Å². The topological polar surface area (TPSA) is 26.5 Å². The van der Waals surface area contributed by atoms with E-state index in [0.29, 0.717) is 0 Å². The van der Waals surface area contributed by atoms with Gasteiger partial charge >= 0.3 is 0 Å². The van der Waals surface area contributed by atoms with Gasteiger partial charge in [0.05, 0.1) is 17.8 Å². The van der Waals surface area contributed by atoms with E-state index in [1.165, 1.54) is 0 Å². The van der Waals surface area contributed by atoms with Gasteiger partial charge in [0.15, 0.2) is 0 Å². The van der Waals surface area contributed by atoms with Gasteiger partial charge in [-0.3, -0.25) is 0 Å². The zero-order valence-corrected chi connectivity index (χ0v) is 10.5. The van der Waals surface area contributed by atoms with Crippen molar-refractivity contribution in [3.63, 3.8) is 0 Å². The second-order valence-corrected chi connectivity index (χ2v) is 4.44. The number of fused-ring (bicyclic) bond motifs is 1. The first-order valence-corrected chi connectivity index (χ1v) is 5.47. The lowest BCUT2D eigenvalue weighted by molar-refractivity contribution is 0.417. The molecular formula is C8H6BrIN2O. The average molecular weight is 353 g/mol. The van der Waals surface area contributed by atoms with Crippen LogP contribution in [0.1, 0.15) is 0 Å². The van der Waals surface area contributed by atoms with Crippen molar-refractivity contribution in [2.75, 3.05) is 7.11 Å². The predicted molar refractivity (Wildman–Crippen MR) is 62.2 cm³/mol. The van der Waals surface area contributed by atoms with Crippen molar-refractivity contribution >= 4 is 44.0 Å². The molecule has 2 rings (SSSR count). The van der Waals surface area contributed by atoms with Crippen LogP contribution < -0.4 is 4.74 Å². The van der Waals surface area contributed by atoms with Crippen molar-refractivity contribution in [1.29, 1.82) is 0 Å². The molecule has 0 unspecified atom stereocenters. The Kier molecular flexibility index (Phi) is 2.46. The van der Waals surface area contributed by atoms with E-state index < -0.39 is 0 Å². The van der Waals surface area contributed by atoms with Gasteiger partial charge in [-0.25, -0.2) is 4.52 Å². The van der Waals surface area contributed by atoms with Crippen molar-refractivity contribution in [2.45, 2.75) is 0 Å². The maximum atomic E-state index is 5.23. The Morgan fingerprint density at radius 3 is 3.00 bits per heavy atom. The van der Waals surface area contributed by atoms with Crippen molar-refractivity contribution in [3.8, 4) is 5.75 Å². The molecule has 0 fully saturated rings. The van der Waals surface area contributed by atoms with E-state index in [1.54, 1.807) is 13.3 Å². The minimum atomic E-state index is 0.824. The highest BCUT2D eigenvalue weighted by Crippen LogP contribution is 2.28. The van der Waals surface area contributed by atoms with E-state index in [9.17, 15) is 0 Å². The maximum absolute atomic E-state index is 5.23. The van der Waals surface area contributed by atoms with E-state index in [4.69, 9.17) is 4.74 Å². The molecule has 2 heterocycles.